The highest BCUT2D eigenvalue weighted by atomic mass is 16.2. The molecule has 2 amide bonds. The highest BCUT2D eigenvalue weighted by molar-refractivity contribution is 6.06. The van der Waals surface area contributed by atoms with Gasteiger partial charge in [-0.25, -0.2) is 4.98 Å². The summed E-state index contributed by atoms with van der Waals surface area (Å²) in [5, 5.41) is 14.8. The Morgan fingerprint density at radius 2 is 1.93 bits per heavy atom. The molecule has 1 aliphatic rings. The third-order valence-corrected chi connectivity index (χ3v) is 4.91. The number of hydrogen-bond donors (Lipinski definition) is 2. The van der Waals surface area contributed by atoms with Crippen molar-refractivity contribution in [3.05, 3.63) is 65.7 Å². The maximum atomic E-state index is 12.8. The van der Waals surface area contributed by atoms with Gasteiger partial charge < -0.3 is 10.6 Å². The summed E-state index contributed by atoms with van der Waals surface area (Å²) in [6.45, 7) is 0. The van der Waals surface area contributed by atoms with Crippen molar-refractivity contribution in [1.29, 1.82) is 5.26 Å². The number of amides is 2. The lowest BCUT2D eigenvalue weighted by Crippen LogP contribution is -2.33. The number of aromatic nitrogens is 2. The van der Waals surface area contributed by atoms with Gasteiger partial charge in [-0.1, -0.05) is 25.0 Å². The molecule has 1 saturated carbocycles. The van der Waals surface area contributed by atoms with E-state index in [0.29, 0.717) is 16.8 Å². The standard InChI is InChI=1S/C21H19N5O2/c22-13-14-6-5-9-16(12-14)24-21(28)19-25-18(17-10-3-4-11-26(17)19)20(27)23-15-7-1-2-8-15/h3-6,9-12,15H,1-2,7-8H2,(H,23,27)(H,24,28). The van der Waals surface area contributed by atoms with E-state index in [-0.39, 0.29) is 23.5 Å². The van der Waals surface area contributed by atoms with E-state index < -0.39 is 5.91 Å². The topological polar surface area (TPSA) is 99.3 Å². The van der Waals surface area contributed by atoms with Crippen LogP contribution in [0.2, 0.25) is 0 Å². The molecule has 0 saturated heterocycles. The predicted molar refractivity (Wildman–Crippen MR) is 104 cm³/mol. The molecule has 2 N–H and O–H groups in total. The molecule has 2 aromatic heterocycles. The van der Waals surface area contributed by atoms with Crippen LogP contribution in [0.3, 0.4) is 0 Å². The van der Waals surface area contributed by atoms with Gasteiger partial charge >= 0.3 is 0 Å². The Morgan fingerprint density at radius 1 is 1.11 bits per heavy atom. The van der Waals surface area contributed by atoms with Gasteiger partial charge in [0, 0.05) is 17.9 Å². The summed E-state index contributed by atoms with van der Waals surface area (Å²) in [6, 6.07) is 14.2. The number of imidazole rings is 1. The first-order valence-electron chi connectivity index (χ1n) is 9.25. The molecule has 0 unspecified atom stereocenters. The van der Waals surface area contributed by atoms with Crippen molar-refractivity contribution < 1.29 is 9.59 Å². The highest BCUT2D eigenvalue weighted by Crippen LogP contribution is 2.20. The Kier molecular flexibility index (Phi) is 4.77. The third-order valence-electron chi connectivity index (χ3n) is 4.91. The van der Waals surface area contributed by atoms with E-state index in [1.165, 1.54) is 0 Å². The molecule has 4 rings (SSSR count). The first kappa shape index (κ1) is 17.7. The molecule has 1 aromatic carbocycles. The first-order valence-corrected chi connectivity index (χ1v) is 9.25. The van der Waals surface area contributed by atoms with Crippen molar-refractivity contribution >= 4 is 23.0 Å². The Morgan fingerprint density at radius 3 is 2.71 bits per heavy atom. The molecule has 140 valence electrons. The fraction of sp³-hybridized carbons (Fsp3) is 0.238. The van der Waals surface area contributed by atoms with Crippen LogP contribution in [-0.2, 0) is 0 Å². The van der Waals surface area contributed by atoms with Crippen molar-refractivity contribution in [2.24, 2.45) is 0 Å². The zero-order valence-electron chi connectivity index (χ0n) is 15.2. The second-order valence-corrected chi connectivity index (χ2v) is 6.84. The number of rotatable bonds is 4. The van der Waals surface area contributed by atoms with Crippen molar-refractivity contribution in [1.82, 2.24) is 14.7 Å². The molecule has 2 heterocycles. The van der Waals surface area contributed by atoms with E-state index in [1.54, 1.807) is 53.1 Å². The Bertz CT molecular complexity index is 1090. The summed E-state index contributed by atoms with van der Waals surface area (Å²) in [7, 11) is 0. The number of nitrogens with zero attached hydrogens (tertiary/aromatic N) is 3. The number of hydrogen-bond acceptors (Lipinski definition) is 4. The van der Waals surface area contributed by atoms with Crippen LogP contribution >= 0.6 is 0 Å². The summed E-state index contributed by atoms with van der Waals surface area (Å²) in [5.41, 5.74) is 1.76. The molecule has 1 aliphatic carbocycles. The molecule has 0 spiro atoms. The number of benzene rings is 1. The van der Waals surface area contributed by atoms with Gasteiger partial charge in [0.25, 0.3) is 11.8 Å². The minimum Gasteiger partial charge on any atom is -0.348 e. The van der Waals surface area contributed by atoms with Gasteiger partial charge in [-0.15, -0.1) is 0 Å². The van der Waals surface area contributed by atoms with E-state index in [2.05, 4.69) is 15.6 Å². The summed E-state index contributed by atoms with van der Waals surface area (Å²) >= 11 is 0. The second-order valence-electron chi connectivity index (χ2n) is 6.84. The molecular weight excluding hydrogens is 354 g/mol. The normalized spacial score (nSPS) is 14.0. The number of fused-ring (bicyclic) bond motifs is 1. The van der Waals surface area contributed by atoms with Crippen LogP contribution in [0.5, 0.6) is 0 Å². The lowest BCUT2D eigenvalue weighted by molar-refractivity contribution is 0.0935. The minimum atomic E-state index is -0.448. The second kappa shape index (κ2) is 7.53. The van der Waals surface area contributed by atoms with Gasteiger partial charge in [0.05, 0.1) is 17.1 Å². The quantitative estimate of drug-likeness (QED) is 0.734. The van der Waals surface area contributed by atoms with Crippen molar-refractivity contribution in [2.45, 2.75) is 31.7 Å². The van der Waals surface area contributed by atoms with Crippen molar-refractivity contribution in [3.8, 4) is 6.07 Å². The number of carbonyl (C=O) groups is 2. The summed E-state index contributed by atoms with van der Waals surface area (Å²) < 4.78 is 1.60. The summed E-state index contributed by atoms with van der Waals surface area (Å²) in [4.78, 5) is 29.9. The summed E-state index contributed by atoms with van der Waals surface area (Å²) in [5.74, 6) is -0.591. The van der Waals surface area contributed by atoms with Crippen LogP contribution in [0.15, 0.2) is 48.7 Å². The molecule has 0 radical (unpaired) electrons. The molecule has 0 aliphatic heterocycles. The van der Waals surface area contributed by atoms with Crippen LogP contribution in [0.4, 0.5) is 5.69 Å². The minimum absolute atomic E-state index is 0.120. The van der Waals surface area contributed by atoms with Gasteiger partial charge in [-0.3, -0.25) is 14.0 Å². The van der Waals surface area contributed by atoms with E-state index >= 15 is 0 Å². The zero-order chi connectivity index (χ0) is 19.5. The van der Waals surface area contributed by atoms with E-state index in [4.69, 9.17) is 5.26 Å². The van der Waals surface area contributed by atoms with Crippen LogP contribution in [0.25, 0.3) is 5.52 Å². The Balaban J connectivity index is 1.64. The van der Waals surface area contributed by atoms with E-state index in [1.807, 2.05) is 6.07 Å². The number of anilines is 1. The van der Waals surface area contributed by atoms with Gasteiger partial charge in [-0.05, 0) is 43.2 Å². The van der Waals surface area contributed by atoms with Crippen LogP contribution in [0.1, 0.15) is 52.4 Å². The third kappa shape index (κ3) is 3.45. The van der Waals surface area contributed by atoms with Gasteiger partial charge in [0.2, 0.25) is 5.82 Å². The average molecular weight is 373 g/mol. The molecule has 7 nitrogen and oxygen atoms in total. The molecule has 1 fully saturated rings. The van der Waals surface area contributed by atoms with Crippen LogP contribution in [0, 0.1) is 11.3 Å². The van der Waals surface area contributed by atoms with Crippen molar-refractivity contribution in [3.63, 3.8) is 0 Å². The van der Waals surface area contributed by atoms with Gasteiger partial charge in [-0.2, -0.15) is 5.26 Å². The van der Waals surface area contributed by atoms with Crippen LogP contribution in [-0.4, -0.2) is 27.2 Å². The maximum Gasteiger partial charge on any atom is 0.292 e. The fourth-order valence-corrected chi connectivity index (χ4v) is 3.54. The van der Waals surface area contributed by atoms with Gasteiger partial charge in [0.1, 0.15) is 0 Å². The molecule has 3 aromatic rings. The number of carbonyl (C=O) groups excluding carboxylic acids is 2. The smallest absolute Gasteiger partial charge is 0.292 e. The SMILES string of the molecule is N#Cc1cccc(NC(=O)c2nc(C(=O)NC3CCCC3)c3ccccn23)c1. The van der Waals surface area contributed by atoms with Gasteiger partial charge in [0.15, 0.2) is 5.69 Å². The van der Waals surface area contributed by atoms with Crippen molar-refractivity contribution in [2.75, 3.05) is 5.32 Å². The van der Waals surface area contributed by atoms with Crippen LogP contribution < -0.4 is 10.6 Å². The molecular formula is C21H19N5O2. The fourth-order valence-electron chi connectivity index (χ4n) is 3.54. The van der Waals surface area contributed by atoms with E-state index in [0.717, 1.165) is 25.7 Å². The Labute approximate surface area is 162 Å². The molecule has 28 heavy (non-hydrogen) atoms. The maximum absolute atomic E-state index is 12.8. The Hall–Kier alpha value is -3.66. The number of nitrogens with one attached hydrogen (secondary N) is 2. The zero-order valence-corrected chi connectivity index (χ0v) is 15.2. The molecule has 0 atom stereocenters. The lowest BCUT2D eigenvalue weighted by Gasteiger charge is -2.10. The molecule has 7 heteroatoms. The number of pyridine rings is 1. The summed E-state index contributed by atoms with van der Waals surface area (Å²) in [6.07, 6.45) is 5.88. The largest absolute Gasteiger partial charge is 0.348 e. The lowest BCUT2D eigenvalue weighted by atomic mass is 10.2. The first-order chi connectivity index (χ1) is 13.7. The van der Waals surface area contributed by atoms with E-state index in [9.17, 15) is 9.59 Å². The number of nitriles is 1. The average Bonchev–Trinajstić information content (AvgIpc) is 3.35. The highest BCUT2D eigenvalue weighted by Gasteiger charge is 2.24. The monoisotopic (exact) mass is 373 g/mol. The predicted octanol–water partition coefficient (Wildman–Crippen LogP) is 3.13. The molecule has 0 bridgehead atoms.